The largest absolute Gasteiger partial charge is 0.383 e. The molecule has 0 aliphatic heterocycles. The second-order valence-electron chi connectivity index (χ2n) is 3.86. The van der Waals surface area contributed by atoms with E-state index in [1.165, 1.54) is 19.3 Å². The molecule has 0 bridgehead atoms. The predicted molar refractivity (Wildman–Crippen MR) is 66.2 cm³/mol. The summed E-state index contributed by atoms with van der Waals surface area (Å²) in [7, 11) is 0. The Bertz CT molecular complexity index is 295. The first-order valence-corrected chi connectivity index (χ1v) is 6.25. The normalized spacial score (nSPS) is 16.1. The van der Waals surface area contributed by atoms with Gasteiger partial charge in [0.2, 0.25) is 0 Å². The molecule has 2 nitrogen and oxygen atoms in total. The van der Waals surface area contributed by atoms with Crippen LogP contribution in [-0.4, -0.2) is 19.3 Å². The van der Waals surface area contributed by atoms with Crippen molar-refractivity contribution in [1.82, 2.24) is 0 Å². The van der Waals surface area contributed by atoms with Crippen molar-refractivity contribution in [3.63, 3.8) is 0 Å². The molecule has 3 heteroatoms. The van der Waals surface area contributed by atoms with E-state index in [2.05, 4.69) is 33.4 Å². The number of anilines is 1. The lowest BCUT2D eigenvalue weighted by Gasteiger charge is -2.25. The van der Waals surface area contributed by atoms with Gasteiger partial charge in [0.1, 0.15) is 0 Å². The van der Waals surface area contributed by atoms with Crippen LogP contribution >= 0.6 is 15.9 Å². The first kappa shape index (κ1) is 11.0. The molecule has 1 aromatic rings. The lowest BCUT2D eigenvalue weighted by Crippen LogP contribution is -2.24. The van der Waals surface area contributed by atoms with Gasteiger partial charge in [-0.3, -0.25) is 0 Å². The molecule has 0 unspecified atom stereocenters. The highest BCUT2D eigenvalue weighted by molar-refractivity contribution is 9.10. The standard InChI is InChI=1S/C12H16BrNO/c13-10-4-6-11(7-5-10)14-8-9-15-12-2-1-3-12/h4-7,12,14H,1-3,8-9H2. The molecular weight excluding hydrogens is 254 g/mol. The topological polar surface area (TPSA) is 21.3 Å². The molecule has 15 heavy (non-hydrogen) atoms. The summed E-state index contributed by atoms with van der Waals surface area (Å²) in [5, 5.41) is 3.33. The van der Waals surface area contributed by atoms with E-state index >= 15 is 0 Å². The van der Waals surface area contributed by atoms with Crippen LogP contribution in [0, 0.1) is 0 Å². The van der Waals surface area contributed by atoms with Gasteiger partial charge in [-0.2, -0.15) is 0 Å². The second-order valence-corrected chi connectivity index (χ2v) is 4.77. The van der Waals surface area contributed by atoms with Gasteiger partial charge in [-0.1, -0.05) is 15.9 Å². The van der Waals surface area contributed by atoms with Crippen LogP contribution in [0.2, 0.25) is 0 Å². The highest BCUT2D eigenvalue weighted by Gasteiger charge is 2.16. The van der Waals surface area contributed by atoms with Crippen LogP contribution in [-0.2, 0) is 4.74 Å². The number of halogens is 1. The van der Waals surface area contributed by atoms with Crippen molar-refractivity contribution in [2.24, 2.45) is 0 Å². The Morgan fingerprint density at radius 3 is 2.60 bits per heavy atom. The number of benzene rings is 1. The fourth-order valence-electron chi connectivity index (χ4n) is 1.53. The molecule has 0 amide bonds. The van der Waals surface area contributed by atoms with E-state index in [1.807, 2.05) is 12.1 Å². The first-order valence-electron chi connectivity index (χ1n) is 5.45. The van der Waals surface area contributed by atoms with E-state index < -0.39 is 0 Å². The van der Waals surface area contributed by atoms with Crippen LogP contribution in [0.3, 0.4) is 0 Å². The van der Waals surface area contributed by atoms with Gasteiger partial charge in [0.05, 0.1) is 12.7 Å². The molecule has 0 spiro atoms. The highest BCUT2D eigenvalue weighted by Crippen LogP contribution is 2.21. The summed E-state index contributed by atoms with van der Waals surface area (Å²) in [6.07, 6.45) is 4.37. The SMILES string of the molecule is Brc1ccc(NCCOC2CCC2)cc1. The molecule has 0 radical (unpaired) electrons. The number of nitrogens with one attached hydrogen (secondary N) is 1. The number of hydrogen-bond acceptors (Lipinski definition) is 2. The van der Waals surface area contributed by atoms with Gasteiger partial charge in [-0.15, -0.1) is 0 Å². The van der Waals surface area contributed by atoms with Gasteiger partial charge in [-0.05, 0) is 43.5 Å². The molecular formula is C12H16BrNO. The summed E-state index contributed by atoms with van der Waals surface area (Å²) in [6.45, 7) is 1.69. The van der Waals surface area contributed by atoms with Crippen molar-refractivity contribution in [1.29, 1.82) is 0 Å². The van der Waals surface area contributed by atoms with Crippen LogP contribution in [0.5, 0.6) is 0 Å². The lowest BCUT2D eigenvalue weighted by atomic mass is 9.96. The maximum Gasteiger partial charge on any atom is 0.0642 e. The Morgan fingerprint density at radius 2 is 2.00 bits per heavy atom. The third-order valence-electron chi connectivity index (χ3n) is 2.68. The predicted octanol–water partition coefficient (Wildman–Crippen LogP) is 3.43. The molecule has 0 heterocycles. The number of rotatable bonds is 5. The van der Waals surface area contributed by atoms with Crippen molar-refractivity contribution in [2.75, 3.05) is 18.5 Å². The van der Waals surface area contributed by atoms with E-state index in [0.717, 1.165) is 23.3 Å². The highest BCUT2D eigenvalue weighted by atomic mass is 79.9. The first-order chi connectivity index (χ1) is 7.34. The summed E-state index contributed by atoms with van der Waals surface area (Å²) >= 11 is 3.41. The maximum absolute atomic E-state index is 5.65. The summed E-state index contributed by atoms with van der Waals surface area (Å²) in [4.78, 5) is 0. The molecule has 1 fully saturated rings. The van der Waals surface area contributed by atoms with Gasteiger partial charge < -0.3 is 10.1 Å². The third kappa shape index (κ3) is 3.50. The Kier molecular flexibility index (Phi) is 4.03. The van der Waals surface area contributed by atoms with E-state index in [0.29, 0.717) is 6.10 Å². The summed E-state index contributed by atoms with van der Waals surface area (Å²) < 4.78 is 6.76. The fraction of sp³-hybridized carbons (Fsp3) is 0.500. The van der Waals surface area contributed by atoms with Crippen LogP contribution < -0.4 is 5.32 Å². The Morgan fingerprint density at radius 1 is 1.27 bits per heavy atom. The zero-order chi connectivity index (χ0) is 10.5. The van der Waals surface area contributed by atoms with Crippen LogP contribution in [0.25, 0.3) is 0 Å². The second kappa shape index (κ2) is 5.52. The van der Waals surface area contributed by atoms with Crippen molar-refractivity contribution < 1.29 is 4.74 Å². The van der Waals surface area contributed by atoms with Crippen LogP contribution in [0.4, 0.5) is 5.69 Å². The van der Waals surface area contributed by atoms with Crippen molar-refractivity contribution in [3.8, 4) is 0 Å². The minimum Gasteiger partial charge on any atom is -0.383 e. The average molecular weight is 270 g/mol. The summed E-state index contributed by atoms with van der Waals surface area (Å²) in [5.41, 5.74) is 1.15. The van der Waals surface area contributed by atoms with Crippen molar-refractivity contribution in [2.45, 2.75) is 25.4 Å². The zero-order valence-corrected chi connectivity index (χ0v) is 10.3. The smallest absolute Gasteiger partial charge is 0.0642 e. The molecule has 0 atom stereocenters. The quantitative estimate of drug-likeness (QED) is 0.828. The molecule has 0 aromatic heterocycles. The summed E-state index contributed by atoms with van der Waals surface area (Å²) in [6, 6.07) is 8.20. The summed E-state index contributed by atoms with van der Waals surface area (Å²) in [5.74, 6) is 0. The molecule has 1 aliphatic rings. The van der Waals surface area contributed by atoms with Gasteiger partial charge in [-0.25, -0.2) is 0 Å². The number of hydrogen-bond donors (Lipinski definition) is 1. The minimum absolute atomic E-state index is 0.539. The van der Waals surface area contributed by atoms with E-state index in [-0.39, 0.29) is 0 Å². The average Bonchev–Trinajstić information content (AvgIpc) is 2.18. The van der Waals surface area contributed by atoms with Crippen LogP contribution in [0.1, 0.15) is 19.3 Å². The molecule has 1 N–H and O–H groups in total. The Balaban J connectivity index is 1.62. The van der Waals surface area contributed by atoms with Crippen molar-refractivity contribution in [3.05, 3.63) is 28.7 Å². The maximum atomic E-state index is 5.65. The minimum atomic E-state index is 0.539. The van der Waals surface area contributed by atoms with Crippen molar-refractivity contribution >= 4 is 21.6 Å². The van der Waals surface area contributed by atoms with E-state index in [1.54, 1.807) is 0 Å². The molecule has 1 saturated carbocycles. The molecule has 0 saturated heterocycles. The Labute approximate surface area is 99.1 Å². The van der Waals surface area contributed by atoms with Gasteiger partial charge in [0.15, 0.2) is 0 Å². The molecule has 1 aromatic carbocycles. The van der Waals surface area contributed by atoms with Gasteiger partial charge in [0, 0.05) is 16.7 Å². The third-order valence-corrected chi connectivity index (χ3v) is 3.21. The molecule has 1 aliphatic carbocycles. The monoisotopic (exact) mass is 269 g/mol. The number of ether oxygens (including phenoxy) is 1. The fourth-order valence-corrected chi connectivity index (χ4v) is 1.79. The van der Waals surface area contributed by atoms with E-state index in [9.17, 15) is 0 Å². The molecule has 82 valence electrons. The van der Waals surface area contributed by atoms with Gasteiger partial charge >= 0.3 is 0 Å². The van der Waals surface area contributed by atoms with Gasteiger partial charge in [0.25, 0.3) is 0 Å². The molecule has 2 rings (SSSR count). The van der Waals surface area contributed by atoms with E-state index in [4.69, 9.17) is 4.74 Å². The zero-order valence-electron chi connectivity index (χ0n) is 8.71. The lowest BCUT2D eigenvalue weighted by molar-refractivity contribution is 0.00812. The van der Waals surface area contributed by atoms with Crippen LogP contribution in [0.15, 0.2) is 28.7 Å². The Hall–Kier alpha value is -0.540.